The van der Waals surface area contributed by atoms with Crippen LogP contribution < -0.4 is 10.9 Å². The zero-order chi connectivity index (χ0) is 21.0. The first-order chi connectivity index (χ1) is 13.9. The molecular formula is C20H23N3O6. The van der Waals surface area contributed by atoms with Crippen LogP contribution in [0.3, 0.4) is 0 Å². The molecule has 1 saturated heterocycles. The summed E-state index contributed by atoms with van der Waals surface area (Å²) in [4.78, 5) is 61.9. The summed E-state index contributed by atoms with van der Waals surface area (Å²) in [6.45, 7) is 0.756. The highest BCUT2D eigenvalue weighted by atomic mass is 16.5. The van der Waals surface area contributed by atoms with Gasteiger partial charge in [0.2, 0.25) is 11.8 Å². The molecule has 4 amide bonds. The minimum atomic E-state index is -1.10. The third-order valence-corrected chi connectivity index (χ3v) is 5.30. The summed E-state index contributed by atoms with van der Waals surface area (Å²) in [5, 5.41) is 0. The number of rotatable bonds is 5. The minimum Gasteiger partial charge on any atom is -0.454 e. The van der Waals surface area contributed by atoms with Gasteiger partial charge in [0, 0.05) is 5.56 Å². The lowest BCUT2D eigenvalue weighted by Crippen LogP contribution is -2.46. The van der Waals surface area contributed by atoms with E-state index in [-0.39, 0.29) is 23.7 Å². The van der Waals surface area contributed by atoms with Crippen LogP contribution in [0.1, 0.15) is 43.0 Å². The monoisotopic (exact) mass is 401 g/mol. The van der Waals surface area contributed by atoms with Gasteiger partial charge in [0.25, 0.3) is 11.8 Å². The third kappa shape index (κ3) is 4.44. The lowest BCUT2D eigenvalue weighted by atomic mass is 9.81. The standard InChI is InChI=1S/C20H23N3O6/c1-12(23-18(26)14-9-5-6-10-15(14)19(23)27)20(28)29-11-16(24)21-22-17(25)13-7-3-2-4-8-13/h2-4,7-8,12,14-15H,5-6,9-11H2,1H3,(H,21,24)(H,22,25)/t12-,14-,15-/m0/s1. The molecule has 3 atom stereocenters. The van der Waals surface area contributed by atoms with Crippen LogP contribution in [0.4, 0.5) is 0 Å². The summed E-state index contributed by atoms with van der Waals surface area (Å²) >= 11 is 0. The minimum absolute atomic E-state index is 0.344. The van der Waals surface area contributed by atoms with Crippen molar-refractivity contribution < 1.29 is 28.7 Å². The van der Waals surface area contributed by atoms with E-state index < -0.39 is 30.4 Å². The lowest BCUT2D eigenvalue weighted by molar-refractivity contribution is -0.159. The number of ether oxygens (including phenoxy) is 1. The maximum Gasteiger partial charge on any atom is 0.329 e. The normalized spacial score (nSPS) is 21.9. The number of esters is 1. The first-order valence-corrected chi connectivity index (χ1v) is 9.58. The highest BCUT2D eigenvalue weighted by Crippen LogP contribution is 2.38. The zero-order valence-electron chi connectivity index (χ0n) is 16.1. The smallest absolute Gasteiger partial charge is 0.329 e. The molecule has 0 aromatic heterocycles. The number of imide groups is 1. The summed E-state index contributed by atoms with van der Waals surface area (Å²) in [6.07, 6.45) is 3.08. The maximum atomic E-state index is 12.5. The van der Waals surface area contributed by atoms with Crippen LogP contribution in [-0.4, -0.2) is 47.1 Å². The fourth-order valence-electron chi connectivity index (χ4n) is 3.76. The van der Waals surface area contributed by atoms with Gasteiger partial charge >= 0.3 is 5.97 Å². The molecule has 1 aliphatic carbocycles. The van der Waals surface area contributed by atoms with Crippen molar-refractivity contribution in [3.8, 4) is 0 Å². The number of amides is 4. The lowest BCUT2D eigenvalue weighted by Gasteiger charge is -2.21. The van der Waals surface area contributed by atoms with E-state index in [0.29, 0.717) is 18.4 Å². The van der Waals surface area contributed by atoms with Crippen LogP contribution >= 0.6 is 0 Å². The molecule has 9 nitrogen and oxygen atoms in total. The average molecular weight is 401 g/mol. The van der Waals surface area contributed by atoms with Crippen molar-refractivity contribution in [2.45, 2.75) is 38.6 Å². The van der Waals surface area contributed by atoms with Crippen molar-refractivity contribution in [2.24, 2.45) is 11.8 Å². The molecule has 1 heterocycles. The molecule has 0 bridgehead atoms. The Morgan fingerprint density at radius 2 is 1.62 bits per heavy atom. The second kappa shape index (κ2) is 8.85. The topological polar surface area (TPSA) is 122 Å². The summed E-state index contributed by atoms with van der Waals surface area (Å²) in [5.41, 5.74) is 4.70. The predicted molar refractivity (Wildman–Crippen MR) is 99.8 cm³/mol. The number of carbonyl (C=O) groups is 5. The number of nitrogens with zero attached hydrogens (tertiary/aromatic N) is 1. The molecule has 2 aliphatic rings. The molecule has 0 spiro atoms. The van der Waals surface area contributed by atoms with E-state index in [0.717, 1.165) is 17.7 Å². The van der Waals surface area contributed by atoms with E-state index in [2.05, 4.69) is 10.9 Å². The van der Waals surface area contributed by atoms with Gasteiger partial charge in [0.15, 0.2) is 6.61 Å². The molecule has 9 heteroatoms. The summed E-state index contributed by atoms with van der Waals surface area (Å²) in [7, 11) is 0. The molecule has 1 aliphatic heterocycles. The Morgan fingerprint density at radius 1 is 1.03 bits per heavy atom. The Kier molecular flexibility index (Phi) is 6.26. The number of nitrogens with one attached hydrogen (secondary N) is 2. The molecule has 3 rings (SSSR count). The van der Waals surface area contributed by atoms with E-state index in [4.69, 9.17) is 4.74 Å². The molecule has 2 fully saturated rings. The second-order valence-corrected chi connectivity index (χ2v) is 7.20. The first-order valence-electron chi connectivity index (χ1n) is 9.58. The van der Waals surface area contributed by atoms with E-state index in [9.17, 15) is 24.0 Å². The van der Waals surface area contributed by atoms with Gasteiger partial charge in [-0.25, -0.2) is 4.79 Å². The predicted octanol–water partition coefficient (Wildman–Crippen LogP) is 0.554. The molecule has 2 N–H and O–H groups in total. The average Bonchev–Trinajstić information content (AvgIpc) is 3.00. The highest BCUT2D eigenvalue weighted by Gasteiger charge is 2.51. The van der Waals surface area contributed by atoms with Crippen LogP contribution in [0.25, 0.3) is 0 Å². The van der Waals surface area contributed by atoms with Crippen LogP contribution in [0.2, 0.25) is 0 Å². The van der Waals surface area contributed by atoms with Gasteiger partial charge in [-0.15, -0.1) is 0 Å². The van der Waals surface area contributed by atoms with E-state index in [1.54, 1.807) is 30.3 Å². The van der Waals surface area contributed by atoms with Crippen LogP contribution in [0, 0.1) is 11.8 Å². The number of hydrogen-bond acceptors (Lipinski definition) is 6. The molecule has 0 unspecified atom stereocenters. The largest absolute Gasteiger partial charge is 0.454 e. The van der Waals surface area contributed by atoms with Crippen LogP contribution in [0.5, 0.6) is 0 Å². The second-order valence-electron chi connectivity index (χ2n) is 7.20. The van der Waals surface area contributed by atoms with Crippen molar-refractivity contribution in [1.82, 2.24) is 15.8 Å². The number of hydrogen-bond donors (Lipinski definition) is 2. The molecule has 0 radical (unpaired) electrons. The van der Waals surface area contributed by atoms with Gasteiger partial charge in [-0.1, -0.05) is 31.0 Å². The van der Waals surface area contributed by atoms with Gasteiger partial charge in [0.05, 0.1) is 11.8 Å². The molecular weight excluding hydrogens is 378 g/mol. The van der Waals surface area contributed by atoms with Crippen molar-refractivity contribution in [1.29, 1.82) is 0 Å². The van der Waals surface area contributed by atoms with Crippen molar-refractivity contribution >= 4 is 29.6 Å². The Morgan fingerprint density at radius 3 is 2.21 bits per heavy atom. The SMILES string of the molecule is C[C@@H](C(=O)OCC(=O)NNC(=O)c1ccccc1)N1C(=O)[C@H]2CCCC[C@@H]2C1=O. The van der Waals surface area contributed by atoms with Crippen molar-refractivity contribution in [2.75, 3.05) is 6.61 Å². The number of hydrazine groups is 1. The molecule has 1 aromatic carbocycles. The Hall–Kier alpha value is -3.23. The van der Waals surface area contributed by atoms with Crippen molar-refractivity contribution in [3.63, 3.8) is 0 Å². The van der Waals surface area contributed by atoms with Crippen LogP contribution in [-0.2, 0) is 23.9 Å². The summed E-state index contributed by atoms with van der Waals surface area (Å²) in [6, 6.07) is 7.15. The fourth-order valence-corrected chi connectivity index (χ4v) is 3.76. The molecule has 1 saturated carbocycles. The van der Waals surface area contributed by atoms with Crippen LogP contribution in [0.15, 0.2) is 30.3 Å². The number of likely N-dealkylation sites (tertiary alicyclic amines) is 1. The van der Waals surface area contributed by atoms with E-state index in [1.807, 2.05) is 0 Å². The van der Waals surface area contributed by atoms with Gasteiger partial charge < -0.3 is 4.74 Å². The quantitative estimate of drug-likeness (QED) is 0.422. The summed E-state index contributed by atoms with van der Waals surface area (Å²) in [5.74, 6) is -3.52. The summed E-state index contributed by atoms with van der Waals surface area (Å²) < 4.78 is 4.92. The maximum absolute atomic E-state index is 12.5. The Bertz CT molecular complexity index is 801. The Labute approximate surface area is 167 Å². The fraction of sp³-hybridized carbons (Fsp3) is 0.450. The van der Waals surface area contributed by atoms with Gasteiger partial charge in [-0.3, -0.25) is 34.9 Å². The highest BCUT2D eigenvalue weighted by molar-refractivity contribution is 6.07. The zero-order valence-corrected chi connectivity index (χ0v) is 16.1. The van der Waals surface area contributed by atoms with Crippen molar-refractivity contribution in [3.05, 3.63) is 35.9 Å². The number of fused-ring (bicyclic) bond motifs is 1. The van der Waals surface area contributed by atoms with E-state index in [1.165, 1.54) is 6.92 Å². The van der Waals surface area contributed by atoms with E-state index >= 15 is 0 Å². The Balaban J connectivity index is 1.47. The number of benzene rings is 1. The molecule has 1 aromatic rings. The third-order valence-electron chi connectivity index (χ3n) is 5.30. The molecule has 154 valence electrons. The van der Waals surface area contributed by atoms with Gasteiger partial charge in [0.1, 0.15) is 6.04 Å². The van der Waals surface area contributed by atoms with Gasteiger partial charge in [-0.2, -0.15) is 0 Å². The first kappa shape index (κ1) is 20.5. The number of carbonyl (C=O) groups excluding carboxylic acids is 5. The molecule has 29 heavy (non-hydrogen) atoms. The van der Waals surface area contributed by atoms with Gasteiger partial charge in [-0.05, 0) is 31.9 Å².